The zero-order valence-corrected chi connectivity index (χ0v) is 10.3. The van der Waals surface area contributed by atoms with Crippen LogP contribution in [-0.2, 0) is 4.74 Å². The SMILES string of the molecule is N[C@@H](c1cc(C(=O)O)cc(F)c1O)C1CCOCC1. The molecular formula is C13H16FNO4. The van der Waals surface area contributed by atoms with Gasteiger partial charge in [-0.25, -0.2) is 9.18 Å². The first kappa shape index (κ1) is 13.8. The van der Waals surface area contributed by atoms with Crippen molar-refractivity contribution in [3.05, 3.63) is 29.1 Å². The summed E-state index contributed by atoms with van der Waals surface area (Å²) in [6.45, 7) is 1.14. The number of rotatable bonds is 3. The van der Waals surface area contributed by atoms with Crippen LogP contribution in [0.3, 0.4) is 0 Å². The van der Waals surface area contributed by atoms with Crippen LogP contribution in [-0.4, -0.2) is 29.4 Å². The highest BCUT2D eigenvalue weighted by molar-refractivity contribution is 5.88. The fraction of sp³-hybridized carbons (Fsp3) is 0.462. The molecule has 0 amide bonds. The summed E-state index contributed by atoms with van der Waals surface area (Å²) in [5, 5.41) is 18.6. The van der Waals surface area contributed by atoms with Gasteiger partial charge in [-0.2, -0.15) is 0 Å². The van der Waals surface area contributed by atoms with E-state index in [0.29, 0.717) is 26.1 Å². The lowest BCUT2D eigenvalue weighted by Gasteiger charge is -2.28. The first-order valence-corrected chi connectivity index (χ1v) is 6.09. The van der Waals surface area contributed by atoms with Gasteiger partial charge in [0, 0.05) is 24.8 Å². The minimum Gasteiger partial charge on any atom is -0.505 e. The Bertz CT molecular complexity index is 486. The van der Waals surface area contributed by atoms with Gasteiger partial charge in [-0.15, -0.1) is 0 Å². The molecule has 0 spiro atoms. The van der Waals surface area contributed by atoms with Crippen molar-refractivity contribution >= 4 is 5.97 Å². The van der Waals surface area contributed by atoms with Crippen LogP contribution in [0, 0.1) is 11.7 Å². The molecule has 1 fully saturated rings. The number of aromatic hydroxyl groups is 1. The second-order valence-electron chi connectivity index (χ2n) is 4.68. The molecule has 0 radical (unpaired) electrons. The maximum atomic E-state index is 13.5. The molecule has 0 saturated carbocycles. The van der Waals surface area contributed by atoms with E-state index in [-0.39, 0.29) is 17.0 Å². The van der Waals surface area contributed by atoms with Crippen LogP contribution in [0.4, 0.5) is 4.39 Å². The van der Waals surface area contributed by atoms with Crippen LogP contribution < -0.4 is 5.73 Å². The molecule has 0 aliphatic carbocycles. The topological polar surface area (TPSA) is 92.8 Å². The van der Waals surface area contributed by atoms with E-state index in [1.54, 1.807) is 0 Å². The number of carboxylic acid groups (broad SMARTS) is 1. The van der Waals surface area contributed by atoms with Crippen molar-refractivity contribution in [3.63, 3.8) is 0 Å². The smallest absolute Gasteiger partial charge is 0.335 e. The second-order valence-corrected chi connectivity index (χ2v) is 4.68. The predicted octanol–water partition coefficient (Wildman–Crippen LogP) is 1.66. The largest absolute Gasteiger partial charge is 0.505 e. The Kier molecular flexibility index (Phi) is 4.01. The van der Waals surface area contributed by atoms with Gasteiger partial charge < -0.3 is 20.7 Å². The summed E-state index contributed by atoms with van der Waals surface area (Å²) in [6.07, 6.45) is 1.42. The van der Waals surface area contributed by atoms with Crippen molar-refractivity contribution in [1.82, 2.24) is 0 Å². The summed E-state index contributed by atoms with van der Waals surface area (Å²) in [5.74, 6) is -2.73. The average Bonchev–Trinajstić information content (AvgIpc) is 2.41. The Labute approximate surface area is 109 Å². The number of carbonyl (C=O) groups is 1. The van der Waals surface area contributed by atoms with Gasteiger partial charge in [0.25, 0.3) is 0 Å². The fourth-order valence-electron chi connectivity index (χ4n) is 2.33. The van der Waals surface area contributed by atoms with Crippen LogP contribution in [0.15, 0.2) is 12.1 Å². The highest BCUT2D eigenvalue weighted by atomic mass is 19.1. The van der Waals surface area contributed by atoms with Crippen LogP contribution in [0.25, 0.3) is 0 Å². The highest BCUT2D eigenvalue weighted by Crippen LogP contribution is 2.35. The molecule has 5 nitrogen and oxygen atoms in total. The molecular weight excluding hydrogens is 253 g/mol. The summed E-state index contributed by atoms with van der Waals surface area (Å²) < 4.78 is 18.7. The van der Waals surface area contributed by atoms with Gasteiger partial charge in [0.15, 0.2) is 11.6 Å². The summed E-state index contributed by atoms with van der Waals surface area (Å²) in [6, 6.07) is 1.43. The Balaban J connectivity index is 2.34. The molecule has 1 heterocycles. The second kappa shape index (κ2) is 5.54. The highest BCUT2D eigenvalue weighted by Gasteiger charge is 2.26. The minimum atomic E-state index is -1.25. The molecule has 4 N–H and O–H groups in total. The molecule has 0 aromatic heterocycles. The van der Waals surface area contributed by atoms with Gasteiger partial charge in [0.05, 0.1) is 5.56 Å². The third kappa shape index (κ3) is 2.85. The van der Waals surface area contributed by atoms with Gasteiger partial charge in [-0.05, 0) is 30.9 Å². The normalized spacial score (nSPS) is 18.2. The zero-order valence-electron chi connectivity index (χ0n) is 10.3. The van der Waals surface area contributed by atoms with E-state index in [0.717, 1.165) is 6.07 Å². The molecule has 1 aliphatic heterocycles. The molecule has 104 valence electrons. The van der Waals surface area contributed by atoms with Crippen molar-refractivity contribution in [3.8, 4) is 5.75 Å². The number of benzene rings is 1. The van der Waals surface area contributed by atoms with E-state index >= 15 is 0 Å². The summed E-state index contributed by atoms with van der Waals surface area (Å²) >= 11 is 0. The first-order chi connectivity index (χ1) is 9.00. The van der Waals surface area contributed by atoms with Gasteiger partial charge >= 0.3 is 5.97 Å². The number of hydrogen-bond acceptors (Lipinski definition) is 4. The van der Waals surface area contributed by atoms with E-state index in [4.69, 9.17) is 15.6 Å². The quantitative estimate of drug-likeness (QED) is 0.776. The molecule has 19 heavy (non-hydrogen) atoms. The van der Waals surface area contributed by atoms with Crippen LogP contribution in [0.2, 0.25) is 0 Å². The lowest BCUT2D eigenvalue weighted by Crippen LogP contribution is -2.27. The molecule has 1 atom stereocenters. The summed E-state index contributed by atoms with van der Waals surface area (Å²) in [7, 11) is 0. The number of phenols is 1. The van der Waals surface area contributed by atoms with E-state index in [1.165, 1.54) is 6.07 Å². The van der Waals surface area contributed by atoms with E-state index in [1.807, 2.05) is 0 Å². The maximum absolute atomic E-state index is 13.5. The van der Waals surface area contributed by atoms with Crippen molar-refractivity contribution < 1.29 is 24.1 Å². The van der Waals surface area contributed by atoms with Gasteiger partial charge in [-0.3, -0.25) is 0 Å². The molecule has 1 aromatic rings. The van der Waals surface area contributed by atoms with Crippen molar-refractivity contribution in [2.75, 3.05) is 13.2 Å². The number of aromatic carboxylic acids is 1. The predicted molar refractivity (Wildman–Crippen MR) is 65.5 cm³/mol. The molecule has 1 saturated heterocycles. The maximum Gasteiger partial charge on any atom is 0.335 e. The van der Waals surface area contributed by atoms with Crippen molar-refractivity contribution in [2.45, 2.75) is 18.9 Å². The van der Waals surface area contributed by atoms with Crippen LogP contribution in [0.1, 0.15) is 34.8 Å². The summed E-state index contributed by atoms with van der Waals surface area (Å²) in [4.78, 5) is 10.9. The van der Waals surface area contributed by atoms with Crippen LogP contribution in [0.5, 0.6) is 5.75 Å². The zero-order chi connectivity index (χ0) is 14.0. The Morgan fingerprint density at radius 1 is 1.42 bits per heavy atom. The van der Waals surface area contributed by atoms with Crippen molar-refractivity contribution in [2.24, 2.45) is 11.7 Å². The Morgan fingerprint density at radius 3 is 2.63 bits per heavy atom. The Morgan fingerprint density at radius 2 is 2.05 bits per heavy atom. The van der Waals surface area contributed by atoms with Crippen molar-refractivity contribution in [1.29, 1.82) is 0 Å². The molecule has 2 rings (SSSR count). The number of ether oxygens (including phenoxy) is 1. The fourth-order valence-corrected chi connectivity index (χ4v) is 2.33. The third-order valence-corrected chi connectivity index (χ3v) is 3.47. The van der Waals surface area contributed by atoms with Gasteiger partial charge in [0.1, 0.15) is 0 Å². The van der Waals surface area contributed by atoms with Gasteiger partial charge in [-0.1, -0.05) is 0 Å². The first-order valence-electron chi connectivity index (χ1n) is 6.09. The molecule has 6 heteroatoms. The molecule has 0 unspecified atom stereocenters. The van der Waals surface area contributed by atoms with E-state index in [2.05, 4.69) is 0 Å². The monoisotopic (exact) mass is 269 g/mol. The number of carboxylic acids is 1. The standard InChI is InChI=1S/C13H16FNO4/c14-10-6-8(13(17)18)5-9(12(10)16)11(15)7-1-3-19-4-2-7/h5-7,11,16H,1-4,15H2,(H,17,18)/t11-/m1/s1. The lowest BCUT2D eigenvalue weighted by atomic mass is 9.86. The molecule has 1 aromatic carbocycles. The minimum absolute atomic E-state index is 0.0445. The Hall–Kier alpha value is -1.66. The molecule has 0 bridgehead atoms. The average molecular weight is 269 g/mol. The molecule has 1 aliphatic rings. The number of halogens is 1. The van der Waals surface area contributed by atoms with E-state index in [9.17, 15) is 14.3 Å². The van der Waals surface area contributed by atoms with Crippen LogP contribution >= 0.6 is 0 Å². The lowest BCUT2D eigenvalue weighted by molar-refractivity contribution is 0.0579. The number of hydrogen-bond donors (Lipinski definition) is 3. The summed E-state index contributed by atoms with van der Waals surface area (Å²) in [5.41, 5.74) is 5.96. The third-order valence-electron chi connectivity index (χ3n) is 3.47. The number of phenolic OH excluding ortho intramolecular Hbond substituents is 1. The van der Waals surface area contributed by atoms with Gasteiger partial charge in [0.2, 0.25) is 0 Å². The van der Waals surface area contributed by atoms with E-state index < -0.39 is 23.6 Å². The number of nitrogens with two attached hydrogens (primary N) is 1.